The fraction of sp³-hybridized carbons (Fsp3) is 0.364. The number of aromatic nitrogens is 3. The maximum atomic E-state index is 12.7. The molecule has 9 nitrogen and oxygen atoms in total. The van der Waals surface area contributed by atoms with Gasteiger partial charge in [0.25, 0.3) is 11.8 Å². The molecule has 1 N–H and O–H groups in total. The van der Waals surface area contributed by atoms with Crippen LogP contribution < -0.4 is 19.7 Å². The van der Waals surface area contributed by atoms with Crippen LogP contribution in [0.3, 0.4) is 0 Å². The molecule has 5 rings (SSSR count). The Kier molecular flexibility index (Phi) is 5.15. The number of amides is 1. The summed E-state index contributed by atoms with van der Waals surface area (Å²) in [5.74, 6) is 2.99. The first-order valence-corrected chi connectivity index (χ1v) is 10.4. The molecule has 1 amide bonds. The van der Waals surface area contributed by atoms with Crippen LogP contribution in [0.2, 0.25) is 0 Å². The SMILES string of the molecule is Cc1noc(-c2cccnc2N2CCC(NC(=O)[C@@H]3COc4ccccc4O3)CC2)n1. The highest BCUT2D eigenvalue weighted by Crippen LogP contribution is 2.31. The molecule has 160 valence electrons. The van der Waals surface area contributed by atoms with Crippen molar-refractivity contribution in [2.75, 3.05) is 24.6 Å². The van der Waals surface area contributed by atoms with Crippen molar-refractivity contribution in [3.05, 3.63) is 48.4 Å². The highest BCUT2D eigenvalue weighted by molar-refractivity contribution is 5.82. The standard InChI is InChI=1S/C22H23N5O4/c1-14-24-22(31-26-14)16-5-4-10-23-20(16)27-11-8-15(9-12-27)25-21(28)19-13-29-17-6-2-3-7-18(17)30-19/h2-7,10,15,19H,8-9,11-13H2,1H3,(H,25,28)/t19-/m0/s1. The number of pyridine rings is 1. The van der Waals surface area contributed by atoms with Crippen molar-refractivity contribution in [2.45, 2.75) is 31.9 Å². The van der Waals surface area contributed by atoms with Gasteiger partial charge in [-0.1, -0.05) is 17.3 Å². The molecule has 0 bridgehead atoms. The van der Waals surface area contributed by atoms with Gasteiger partial charge in [-0.3, -0.25) is 4.79 Å². The lowest BCUT2D eigenvalue weighted by Crippen LogP contribution is -2.51. The second kappa shape index (κ2) is 8.25. The smallest absolute Gasteiger partial charge is 0.264 e. The topological polar surface area (TPSA) is 103 Å². The van der Waals surface area contributed by atoms with E-state index in [4.69, 9.17) is 14.0 Å². The van der Waals surface area contributed by atoms with E-state index in [9.17, 15) is 4.79 Å². The quantitative estimate of drug-likeness (QED) is 0.685. The molecule has 1 saturated heterocycles. The number of ether oxygens (including phenoxy) is 2. The van der Waals surface area contributed by atoms with E-state index >= 15 is 0 Å². The van der Waals surface area contributed by atoms with E-state index in [1.807, 2.05) is 36.4 Å². The molecule has 1 atom stereocenters. The largest absolute Gasteiger partial charge is 0.485 e. The van der Waals surface area contributed by atoms with Crippen molar-refractivity contribution in [1.29, 1.82) is 0 Å². The minimum Gasteiger partial charge on any atom is -0.485 e. The third-order valence-electron chi connectivity index (χ3n) is 5.49. The van der Waals surface area contributed by atoms with Crippen molar-refractivity contribution in [3.8, 4) is 23.0 Å². The second-order valence-electron chi connectivity index (χ2n) is 7.66. The van der Waals surface area contributed by atoms with Crippen LogP contribution >= 0.6 is 0 Å². The van der Waals surface area contributed by atoms with Crippen LogP contribution in [0.25, 0.3) is 11.5 Å². The van der Waals surface area contributed by atoms with E-state index in [0.717, 1.165) is 37.3 Å². The highest BCUT2D eigenvalue weighted by Gasteiger charge is 2.30. The molecule has 0 spiro atoms. The fourth-order valence-electron chi connectivity index (χ4n) is 3.90. The summed E-state index contributed by atoms with van der Waals surface area (Å²) < 4.78 is 16.8. The van der Waals surface area contributed by atoms with Gasteiger partial charge in [-0.25, -0.2) is 4.98 Å². The van der Waals surface area contributed by atoms with Crippen molar-refractivity contribution >= 4 is 11.7 Å². The van der Waals surface area contributed by atoms with E-state index in [-0.39, 0.29) is 18.6 Å². The molecular weight excluding hydrogens is 398 g/mol. The van der Waals surface area contributed by atoms with Gasteiger partial charge in [0.05, 0.1) is 5.56 Å². The molecule has 3 aromatic rings. The van der Waals surface area contributed by atoms with Gasteiger partial charge in [-0.05, 0) is 44.0 Å². The minimum atomic E-state index is -0.643. The number of anilines is 1. The van der Waals surface area contributed by atoms with Crippen LogP contribution in [0.15, 0.2) is 47.1 Å². The van der Waals surface area contributed by atoms with Gasteiger partial charge in [0.1, 0.15) is 12.4 Å². The first-order chi connectivity index (χ1) is 15.2. The van der Waals surface area contributed by atoms with Crippen molar-refractivity contribution in [3.63, 3.8) is 0 Å². The van der Waals surface area contributed by atoms with Crippen LogP contribution in [-0.2, 0) is 4.79 Å². The summed E-state index contributed by atoms with van der Waals surface area (Å²) in [6.07, 6.45) is 2.72. The summed E-state index contributed by atoms with van der Waals surface area (Å²) >= 11 is 0. The van der Waals surface area contributed by atoms with Gasteiger partial charge >= 0.3 is 0 Å². The lowest BCUT2D eigenvalue weighted by molar-refractivity contribution is -0.131. The van der Waals surface area contributed by atoms with Crippen molar-refractivity contribution < 1.29 is 18.8 Å². The normalized spacial score (nSPS) is 18.6. The highest BCUT2D eigenvalue weighted by atomic mass is 16.6. The predicted octanol–water partition coefficient (Wildman–Crippen LogP) is 2.37. The lowest BCUT2D eigenvalue weighted by Gasteiger charge is -2.34. The number of hydrogen-bond donors (Lipinski definition) is 1. The van der Waals surface area contributed by atoms with Crippen molar-refractivity contribution in [2.24, 2.45) is 0 Å². The van der Waals surface area contributed by atoms with E-state index in [2.05, 4.69) is 25.3 Å². The molecule has 0 unspecified atom stereocenters. The zero-order valence-corrected chi connectivity index (χ0v) is 17.2. The predicted molar refractivity (Wildman–Crippen MR) is 112 cm³/mol. The van der Waals surface area contributed by atoms with Gasteiger partial charge in [-0.2, -0.15) is 4.98 Å². The van der Waals surface area contributed by atoms with E-state index in [1.54, 1.807) is 13.1 Å². The molecule has 2 aliphatic heterocycles. The summed E-state index contributed by atoms with van der Waals surface area (Å²) in [5.41, 5.74) is 0.817. The summed E-state index contributed by atoms with van der Waals surface area (Å²) in [5, 5.41) is 6.99. The molecule has 2 aliphatic rings. The molecule has 0 saturated carbocycles. The summed E-state index contributed by atoms with van der Waals surface area (Å²) in [7, 11) is 0. The molecule has 9 heteroatoms. The van der Waals surface area contributed by atoms with Crippen LogP contribution in [0.1, 0.15) is 18.7 Å². The van der Waals surface area contributed by atoms with E-state index in [0.29, 0.717) is 23.2 Å². The summed E-state index contributed by atoms with van der Waals surface area (Å²) in [6.45, 7) is 3.51. The molecule has 2 aromatic heterocycles. The number of para-hydroxylation sites is 2. The molecule has 4 heterocycles. The molecule has 1 aromatic carbocycles. The Morgan fingerprint density at radius 3 is 2.71 bits per heavy atom. The van der Waals surface area contributed by atoms with Crippen molar-refractivity contribution in [1.82, 2.24) is 20.4 Å². The Labute approximate surface area is 179 Å². The zero-order chi connectivity index (χ0) is 21.2. The number of benzene rings is 1. The minimum absolute atomic E-state index is 0.0716. The number of nitrogens with zero attached hydrogens (tertiary/aromatic N) is 4. The van der Waals surface area contributed by atoms with Gasteiger partial charge in [0.2, 0.25) is 6.10 Å². The third-order valence-corrected chi connectivity index (χ3v) is 5.49. The second-order valence-corrected chi connectivity index (χ2v) is 7.66. The first kappa shape index (κ1) is 19.3. The lowest BCUT2D eigenvalue weighted by atomic mass is 10.0. The molecule has 31 heavy (non-hydrogen) atoms. The fourth-order valence-corrected chi connectivity index (χ4v) is 3.90. The molecule has 0 aliphatic carbocycles. The maximum absolute atomic E-state index is 12.7. The monoisotopic (exact) mass is 421 g/mol. The Morgan fingerprint density at radius 2 is 1.94 bits per heavy atom. The Hall–Kier alpha value is -3.62. The number of carbonyl (C=O) groups is 1. The Bertz CT molecular complexity index is 1080. The Morgan fingerprint density at radius 1 is 1.13 bits per heavy atom. The van der Waals surface area contributed by atoms with Crippen LogP contribution in [0.4, 0.5) is 5.82 Å². The summed E-state index contributed by atoms with van der Waals surface area (Å²) in [6, 6.07) is 11.2. The van der Waals surface area contributed by atoms with Crippen LogP contribution in [0.5, 0.6) is 11.5 Å². The third kappa shape index (κ3) is 4.03. The average Bonchev–Trinajstić information content (AvgIpc) is 3.25. The molecule has 1 fully saturated rings. The maximum Gasteiger partial charge on any atom is 0.264 e. The number of fused-ring (bicyclic) bond motifs is 1. The molecule has 0 radical (unpaired) electrons. The van der Waals surface area contributed by atoms with Gasteiger partial charge in [-0.15, -0.1) is 0 Å². The first-order valence-electron chi connectivity index (χ1n) is 10.4. The summed E-state index contributed by atoms with van der Waals surface area (Å²) in [4.78, 5) is 23.8. The zero-order valence-electron chi connectivity index (χ0n) is 17.2. The number of nitrogens with one attached hydrogen (secondary N) is 1. The number of piperidine rings is 1. The number of hydrogen-bond acceptors (Lipinski definition) is 8. The van der Waals surface area contributed by atoms with E-state index in [1.165, 1.54) is 0 Å². The molecular formula is C22H23N5O4. The number of aryl methyl sites for hydroxylation is 1. The van der Waals surface area contributed by atoms with Crippen LogP contribution in [0, 0.1) is 6.92 Å². The van der Waals surface area contributed by atoms with E-state index < -0.39 is 6.10 Å². The number of rotatable bonds is 4. The average molecular weight is 421 g/mol. The van der Waals surface area contributed by atoms with Gasteiger partial charge < -0.3 is 24.2 Å². The van der Waals surface area contributed by atoms with Gasteiger partial charge in [0.15, 0.2) is 17.3 Å². The Balaban J connectivity index is 1.20. The van der Waals surface area contributed by atoms with Gasteiger partial charge in [0, 0.05) is 25.3 Å². The number of carbonyl (C=O) groups excluding carboxylic acids is 1. The van der Waals surface area contributed by atoms with Crippen LogP contribution in [-0.4, -0.2) is 52.9 Å².